The number of carbonyl (C=O) groups excluding carboxylic acids is 1. The van der Waals surface area contributed by atoms with Gasteiger partial charge in [0.2, 0.25) is 10.0 Å². The molecule has 5 rings (SSSR count). The zero-order valence-electron chi connectivity index (χ0n) is 23.5. The lowest BCUT2D eigenvalue weighted by molar-refractivity contribution is -0.145. The molecule has 41 heavy (non-hydrogen) atoms. The van der Waals surface area contributed by atoms with Crippen molar-refractivity contribution in [3.63, 3.8) is 0 Å². The standard InChI is InChI=1S/C30H36FN3O5S2/c1-30(2,3)34-41(38,39)24-13-12-21(25-20(24)10-7-11-22(25)31)26-23(14-17-8-5-4-6-9-17)33-28(40-26)27(35)32-19-15-18(16-19)29(36)37/h7,10-13,17-19,34H,4-6,8-9,14-16H2,1-3H3,(H,32,35)(H,36,37). The average molecular weight is 602 g/mol. The molecule has 0 bridgehead atoms. The van der Waals surface area contributed by atoms with Crippen LogP contribution in [0.1, 0.15) is 81.2 Å². The summed E-state index contributed by atoms with van der Waals surface area (Å²) in [4.78, 5) is 29.7. The molecule has 11 heteroatoms. The highest BCUT2D eigenvalue weighted by atomic mass is 32.2. The average Bonchev–Trinajstić information content (AvgIpc) is 3.28. The fraction of sp³-hybridized carbons (Fsp3) is 0.500. The van der Waals surface area contributed by atoms with Gasteiger partial charge in [0.05, 0.1) is 21.4 Å². The maximum atomic E-state index is 15.6. The van der Waals surface area contributed by atoms with Gasteiger partial charge in [-0.1, -0.05) is 50.3 Å². The van der Waals surface area contributed by atoms with Crippen LogP contribution in [0.2, 0.25) is 0 Å². The minimum absolute atomic E-state index is 0.0139. The number of carboxylic acid groups (broad SMARTS) is 1. The van der Waals surface area contributed by atoms with Crippen LogP contribution in [0.3, 0.4) is 0 Å². The van der Waals surface area contributed by atoms with E-state index in [9.17, 15) is 18.0 Å². The molecule has 0 atom stereocenters. The topological polar surface area (TPSA) is 125 Å². The van der Waals surface area contributed by atoms with Gasteiger partial charge in [0, 0.05) is 27.9 Å². The monoisotopic (exact) mass is 601 g/mol. The Balaban J connectivity index is 1.57. The molecule has 0 saturated heterocycles. The van der Waals surface area contributed by atoms with Gasteiger partial charge in [-0.2, -0.15) is 0 Å². The summed E-state index contributed by atoms with van der Waals surface area (Å²) in [5.41, 5.74) is 0.483. The van der Waals surface area contributed by atoms with Gasteiger partial charge in [-0.15, -0.1) is 11.3 Å². The van der Waals surface area contributed by atoms with Crippen molar-refractivity contribution >= 4 is 44.0 Å². The molecule has 2 fully saturated rings. The SMILES string of the molecule is CC(C)(C)NS(=O)(=O)c1ccc(-c2sc(C(=O)NC3CC(C(=O)O)C3)nc2CC2CCCCC2)c2c(F)cccc12. The Labute approximate surface area is 243 Å². The fourth-order valence-corrected chi connectivity index (χ4v) is 8.51. The molecular weight excluding hydrogens is 565 g/mol. The summed E-state index contributed by atoms with van der Waals surface area (Å²) in [6.45, 7) is 5.23. The number of nitrogens with zero attached hydrogens (tertiary/aromatic N) is 1. The number of nitrogens with one attached hydrogen (secondary N) is 2. The molecule has 2 aliphatic rings. The normalized spacial score (nSPS) is 20.1. The van der Waals surface area contributed by atoms with E-state index in [2.05, 4.69) is 10.0 Å². The van der Waals surface area contributed by atoms with Gasteiger partial charge in [-0.25, -0.2) is 22.5 Å². The number of hydrogen-bond acceptors (Lipinski definition) is 6. The van der Waals surface area contributed by atoms with Gasteiger partial charge in [0.15, 0.2) is 5.01 Å². The number of fused-ring (bicyclic) bond motifs is 1. The van der Waals surface area contributed by atoms with E-state index in [1.54, 1.807) is 32.9 Å². The van der Waals surface area contributed by atoms with Crippen LogP contribution < -0.4 is 10.0 Å². The smallest absolute Gasteiger partial charge is 0.306 e. The Kier molecular flexibility index (Phi) is 8.24. The lowest BCUT2D eigenvalue weighted by Gasteiger charge is -2.32. The van der Waals surface area contributed by atoms with Crippen LogP contribution in [-0.4, -0.2) is 42.0 Å². The maximum Gasteiger partial charge on any atom is 0.306 e. The number of carboxylic acids is 1. The van der Waals surface area contributed by atoms with E-state index in [0.717, 1.165) is 25.7 Å². The quantitative estimate of drug-likeness (QED) is 0.295. The number of amides is 1. The number of sulfonamides is 1. The number of halogens is 1. The number of carbonyl (C=O) groups is 2. The van der Waals surface area contributed by atoms with Gasteiger partial charge in [0.1, 0.15) is 5.82 Å². The summed E-state index contributed by atoms with van der Waals surface area (Å²) in [7, 11) is -3.96. The molecule has 0 unspecified atom stereocenters. The first-order valence-corrected chi connectivity index (χ1v) is 16.4. The molecule has 2 saturated carbocycles. The van der Waals surface area contributed by atoms with Gasteiger partial charge < -0.3 is 10.4 Å². The Bertz CT molecular complexity index is 1580. The van der Waals surface area contributed by atoms with Gasteiger partial charge >= 0.3 is 5.97 Å². The molecule has 2 aliphatic carbocycles. The van der Waals surface area contributed by atoms with Crippen molar-refractivity contribution in [2.45, 2.75) is 88.6 Å². The van der Waals surface area contributed by atoms with Crippen LogP contribution in [0.5, 0.6) is 0 Å². The van der Waals surface area contributed by atoms with Crippen LogP contribution in [0, 0.1) is 17.7 Å². The lowest BCUT2D eigenvalue weighted by Crippen LogP contribution is -2.46. The van der Waals surface area contributed by atoms with E-state index in [0.29, 0.717) is 41.3 Å². The highest BCUT2D eigenvalue weighted by Gasteiger charge is 2.36. The third-order valence-electron chi connectivity index (χ3n) is 7.85. The molecule has 1 aromatic heterocycles. The highest BCUT2D eigenvalue weighted by Crippen LogP contribution is 2.41. The summed E-state index contributed by atoms with van der Waals surface area (Å²) in [5.74, 6) is -1.85. The summed E-state index contributed by atoms with van der Waals surface area (Å²) >= 11 is 1.17. The Morgan fingerprint density at radius 1 is 1.10 bits per heavy atom. The first-order valence-electron chi connectivity index (χ1n) is 14.1. The molecule has 3 aromatic rings. The number of hydrogen-bond donors (Lipinski definition) is 3. The zero-order chi connectivity index (χ0) is 29.5. The van der Waals surface area contributed by atoms with Crippen molar-refractivity contribution < 1.29 is 27.5 Å². The molecule has 2 aromatic carbocycles. The minimum atomic E-state index is -3.96. The molecule has 1 heterocycles. The van der Waals surface area contributed by atoms with Crippen molar-refractivity contribution in [3.8, 4) is 10.4 Å². The van der Waals surface area contributed by atoms with E-state index in [1.165, 1.54) is 36.0 Å². The predicted octanol–water partition coefficient (Wildman–Crippen LogP) is 5.90. The minimum Gasteiger partial charge on any atom is -0.481 e. The molecule has 0 aliphatic heterocycles. The Morgan fingerprint density at radius 2 is 1.80 bits per heavy atom. The van der Waals surface area contributed by atoms with Gasteiger partial charge in [0.25, 0.3) is 5.91 Å². The number of thiazole rings is 1. The first-order chi connectivity index (χ1) is 19.3. The van der Waals surface area contributed by atoms with Crippen LogP contribution in [-0.2, 0) is 21.2 Å². The maximum absolute atomic E-state index is 15.6. The third-order valence-corrected chi connectivity index (χ3v) is 10.8. The highest BCUT2D eigenvalue weighted by molar-refractivity contribution is 7.89. The van der Waals surface area contributed by atoms with Crippen molar-refractivity contribution in [3.05, 3.63) is 46.9 Å². The first kappa shape index (κ1) is 29.6. The summed E-state index contributed by atoms with van der Waals surface area (Å²) < 4.78 is 44.8. The summed E-state index contributed by atoms with van der Waals surface area (Å²) in [6.07, 6.45) is 6.98. The predicted molar refractivity (Wildman–Crippen MR) is 157 cm³/mol. The second-order valence-electron chi connectivity index (χ2n) is 12.3. The van der Waals surface area contributed by atoms with E-state index >= 15 is 4.39 Å². The molecule has 1 amide bonds. The molecular formula is C30H36FN3O5S2. The van der Waals surface area contributed by atoms with E-state index in [4.69, 9.17) is 10.1 Å². The fourth-order valence-electron chi connectivity index (χ4n) is 5.86. The van der Waals surface area contributed by atoms with Crippen LogP contribution in [0.4, 0.5) is 4.39 Å². The van der Waals surface area contributed by atoms with Crippen molar-refractivity contribution in [1.29, 1.82) is 0 Å². The van der Waals surface area contributed by atoms with E-state index < -0.39 is 33.3 Å². The zero-order valence-corrected chi connectivity index (χ0v) is 25.1. The van der Waals surface area contributed by atoms with E-state index in [1.807, 2.05) is 0 Å². The molecule has 0 radical (unpaired) electrons. The third kappa shape index (κ3) is 6.47. The summed E-state index contributed by atoms with van der Waals surface area (Å²) in [5, 5.41) is 12.7. The van der Waals surface area contributed by atoms with Crippen molar-refractivity contribution in [2.24, 2.45) is 11.8 Å². The lowest BCUT2D eigenvalue weighted by atomic mass is 9.80. The summed E-state index contributed by atoms with van der Waals surface area (Å²) in [6, 6.07) is 7.29. The van der Waals surface area contributed by atoms with Crippen LogP contribution in [0.15, 0.2) is 35.2 Å². The molecule has 0 spiro atoms. The number of rotatable bonds is 8. The van der Waals surface area contributed by atoms with E-state index in [-0.39, 0.29) is 32.6 Å². The van der Waals surface area contributed by atoms with Gasteiger partial charge in [-0.3, -0.25) is 9.59 Å². The molecule has 220 valence electrons. The number of benzene rings is 2. The largest absolute Gasteiger partial charge is 0.481 e. The second kappa shape index (κ2) is 11.4. The van der Waals surface area contributed by atoms with Crippen LogP contribution in [0.25, 0.3) is 21.2 Å². The Hall–Kier alpha value is -2.89. The van der Waals surface area contributed by atoms with Crippen molar-refractivity contribution in [2.75, 3.05) is 0 Å². The molecule has 3 N–H and O–H groups in total. The second-order valence-corrected chi connectivity index (χ2v) is 15.0. The van der Waals surface area contributed by atoms with Crippen molar-refractivity contribution in [1.82, 2.24) is 15.0 Å². The number of aromatic nitrogens is 1. The van der Waals surface area contributed by atoms with Gasteiger partial charge in [-0.05, 0) is 58.1 Å². The Morgan fingerprint density at radius 3 is 2.46 bits per heavy atom. The number of aliphatic carboxylic acids is 1. The van der Waals surface area contributed by atoms with Crippen LogP contribution >= 0.6 is 11.3 Å². The molecule has 8 nitrogen and oxygen atoms in total.